The molecule has 2 N–H and O–H groups in total. The van der Waals surface area contributed by atoms with Gasteiger partial charge in [0.1, 0.15) is 4.88 Å². The van der Waals surface area contributed by atoms with Gasteiger partial charge in [0.15, 0.2) is 0 Å². The minimum Gasteiger partial charge on any atom is -0.465 e. The van der Waals surface area contributed by atoms with Crippen LogP contribution in [0.4, 0.5) is 5.69 Å². The maximum atomic E-state index is 11.9. The van der Waals surface area contributed by atoms with Gasteiger partial charge in [0.2, 0.25) is 5.91 Å². The van der Waals surface area contributed by atoms with Crippen molar-refractivity contribution in [1.29, 1.82) is 0 Å². The fourth-order valence-electron chi connectivity index (χ4n) is 1.05. The first-order chi connectivity index (χ1) is 7.92. The zero-order valence-electron chi connectivity index (χ0n) is 10.3. The van der Waals surface area contributed by atoms with Crippen molar-refractivity contribution in [3.8, 4) is 0 Å². The van der Waals surface area contributed by atoms with Crippen molar-refractivity contribution in [2.75, 3.05) is 19.5 Å². The van der Waals surface area contributed by atoms with E-state index in [0.717, 1.165) is 0 Å². The number of thiophene rings is 1. The Morgan fingerprint density at radius 1 is 1.41 bits per heavy atom. The van der Waals surface area contributed by atoms with Gasteiger partial charge in [0, 0.05) is 0 Å². The van der Waals surface area contributed by atoms with Crippen molar-refractivity contribution in [3.63, 3.8) is 0 Å². The summed E-state index contributed by atoms with van der Waals surface area (Å²) in [5.41, 5.74) is -0.217. The van der Waals surface area contributed by atoms with Crippen LogP contribution in [0, 0.1) is 0 Å². The fraction of sp³-hybridized carbons (Fsp3) is 0.455. The summed E-state index contributed by atoms with van der Waals surface area (Å²) in [6.45, 7) is 3.51. The van der Waals surface area contributed by atoms with Crippen LogP contribution in [0.1, 0.15) is 23.5 Å². The van der Waals surface area contributed by atoms with Crippen molar-refractivity contribution in [1.82, 2.24) is 5.32 Å². The molecule has 0 bridgehead atoms. The SMILES string of the molecule is CNC(C)(C)C(=O)Nc1ccsc1C(=O)OC. The van der Waals surface area contributed by atoms with Crippen LogP contribution >= 0.6 is 11.3 Å². The molecule has 6 heteroatoms. The van der Waals surface area contributed by atoms with Crippen LogP contribution in [-0.4, -0.2) is 31.6 Å². The third kappa shape index (κ3) is 3.04. The number of anilines is 1. The summed E-state index contributed by atoms with van der Waals surface area (Å²) < 4.78 is 4.63. The van der Waals surface area contributed by atoms with E-state index in [0.29, 0.717) is 10.6 Å². The summed E-state index contributed by atoms with van der Waals surface area (Å²) in [6.07, 6.45) is 0. The average molecular weight is 256 g/mol. The second kappa shape index (κ2) is 5.29. The topological polar surface area (TPSA) is 67.4 Å². The molecule has 5 nitrogen and oxygen atoms in total. The number of carbonyl (C=O) groups is 2. The molecule has 1 aromatic rings. The number of hydrogen-bond donors (Lipinski definition) is 2. The Morgan fingerprint density at radius 3 is 2.59 bits per heavy atom. The average Bonchev–Trinajstić information content (AvgIpc) is 2.76. The minimum absolute atomic E-state index is 0.205. The van der Waals surface area contributed by atoms with E-state index >= 15 is 0 Å². The highest BCUT2D eigenvalue weighted by atomic mass is 32.1. The predicted octanol–water partition coefficient (Wildman–Crippen LogP) is 1.47. The van der Waals surface area contributed by atoms with Crippen LogP contribution in [0.3, 0.4) is 0 Å². The highest BCUT2D eigenvalue weighted by Crippen LogP contribution is 2.23. The standard InChI is InChI=1S/C11H16N2O3S/c1-11(2,12-3)10(15)13-7-5-6-17-8(7)9(14)16-4/h5-6,12H,1-4H3,(H,13,15). The Kier molecular flexibility index (Phi) is 4.25. The third-order valence-electron chi connectivity index (χ3n) is 2.48. The van der Waals surface area contributed by atoms with Gasteiger partial charge in [-0.2, -0.15) is 0 Å². The van der Waals surface area contributed by atoms with Crippen LogP contribution in [0.5, 0.6) is 0 Å². The van der Waals surface area contributed by atoms with E-state index in [9.17, 15) is 9.59 Å². The summed E-state index contributed by atoms with van der Waals surface area (Å²) in [5, 5.41) is 7.33. The van der Waals surface area contributed by atoms with Crippen molar-refractivity contribution in [2.24, 2.45) is 0 Å². The van der Waals surface area contributed by atoms with E-state index in [-0.39, 0.29) is 5.91 Å². The van der Waals surface area contributed by atoms with Gasteiger partial charge in [0.25, 0.3) is 0 Å². The molecule has 0 aliphatic carbocycles. The molecule has 94 valence electrons. The van der Waals surface area contributed by atoms with Crippen molar-refractivity contribution >= 4 is 28.9 Å². The molecule has 0 atom stereocenters. The number of amides is 1. The monoisotopic (exact) mass is 256 g/mol. The smallest absolute Gasteiger partial charge is 0.350 e. The number of likely N-dealkylation sites (N-methyl/N-ethyl adjacent to an activating group) is 1. The highest BCUT2D eigenvalue weighted by Gasteiger charge is 2.26. The van der Waals surface area contributed by atoms with Crippen molar-refractivity contribution in [2.45, 2.75) is 19.4 Å². The number of ether oxygens (including phenoxy) is 1. The number of hydrogen-bond acceptors (Lipinski definition) is 5. The van der Waals surface area contributed by atoms with Crippen LogP contribution < -0.4 is 10.6 Å². The van der Waals surface area contributed by atoms with Crippen LogP contribution in [0.15, 0.2) is 11.4 Å². The lowest BCUT2D eigenvalue weighted by atomic mass is 10.1. The lowest BCUT2D eigenvalue weighted by Crippen LogP contribution is -2.48. The molecule has 0 fully saturated rings. The van der Waals surface area contributed by atoms with Crippen molar-refractivity contribution in [3.05, 3.63) is 16.3 Å². The van der Waals surface area contributed by atoms with Gasteiger partial charge in [0.05, 0.1) is 18.3 Å². The zero-order valence-corrected chi connectivity index (χ0v) is 11.1. The Hall–Kier alpha value is -1.40. The van der Waals surface area contributed by atoms with Crippen LogP contribution in [-0.2, 0) is 9.53 Å². The van der Waals surface area contributed by atoms with E-state index in [2.05, 4.69) is 15.4 Å². The third-order valence-corrected chi connectivity index (χ3v) is 3.37. The zero-order chi connectivity index (χ0) is 13.1. The molecular formula is C11H16N2O3S. The summed E-state index contributed by atoms with van der Waals surface area (Å²) in [4.78, 5) is 23.7. The predicted molar refractivity (Wildman–Crippen MR) is 67.4 cm³/mol. The van der Waals surface area contributed by atoms with Crippen LogP contribution in [0.25, 0.3) is 0 Å². The molecule has 1 amide bonds. The lowest BCUT2D eigenvalue weighted by molar-refractivity contribution is -0.121. The second-order valence-electron chi connectivity index (χ2n) is 3.98. The molecule has 0 saturated heterocycles. The van der Waals surface area contributed by atoms with Crippen molar-refractivity contribution < 1.29 is 14.3 Å². The molecule has 0 aliphatic heterocycles. The molecule has 0 radical (unpaired) electrons. The maximum absolute atomic E-state index is 11.9. The van der Waals surface area contributed by atoms with E-state index in [1.54, 1.807) is 32.3 Å². The number of esters is 1. The molecule has 17 heavy (non-hydrogen) atoms. The molecule has 1 heterocycles. The molecule has 0 saturated carbocycles. The second-order valence-corrected chi connectivity index (χ2v) is 4.90. The van der Waals surface area contributed by atoms with E-state index < -0.39 is 11.5 Å². The van der Waals surface area contributed by atoms with E-state index in [1.807, 2.05) is 0 Å². The van der Waals surface area contributed by atoms with Gasteiger partial charge in [-0.25, -0.2) is 4.79 Å². The first kappa shape index (κ1) is 13.7. The van der Waals surface area contributed by atoms with Crippen LogP contribution in [0.2, 0.25) is 0 Å². The molecule has 0 aliphatic rings. The Balaban J connectivity index is 2.86. The fourth-order valence-corrected chi connectivity index (χ4v) is 1.82. The number of methoxy groups -OCH3 is 1. The minimum atomic E-state index is -0.699. The summed E-state index contributed by atoms with van der Waals surface area (Å²) in [5.74, 6) is -0.652. The summed E-state index contributed by atoms with van der Waals surface area (Å²) >= 11 is 1.23. The van der Waals surface area contributed by atoms with Gasteiger partial charge in [-0.3, -0.25) is 4.79 Å². The quantitative estimate of drug-likeness (QED) is 0.801. The maximum Gasteiger partial charge on any atom is 0.350 e. The number of rotatable bonds is 4. The molecule has 0 spiro atoms. The van der Waals surface area contributed by atoms with Gasteiger partial charge in [-0.1, -0.05) is 0 Å². The first-order valence-corrected chi connectivity index (χ1v) is 5.96. The molecule has 1 rings (SSSR count). The number of nitrogens with one attached hydrogen (secondary N) is 2. The summed E-state index contributed by atoms with van der Waals surface area (Å²) in [6, 6.07) is 1.68. The largest absolute Gasteiger partial charge is 0.465 e. The van der Waals surface area contributed by atoms with E-state index in [1.165, 1.54) is 18.4 Å². The Bertz CT molecular complexity index is 426. The Labute approximate surface area is 104 Å². The Morgan fingerprint density at radius 2 is 2.06 bits per heavy atom. The molecule has 0 unspecified atom stereocenters. The first-order valence-electron chi connectivity index (χ1n) is 5.08. The van der Waals surface area contributed by atoms with Gasteiger partial charge in [-0.05, 0) is 32.3 Å². The molecular weight excluding hydrogens is 240 g/mol. The van der Waals surface area contributed by atoms with Gasteiger partial charge >= 0.3 is 5.97 Å². The van der Waals surface area contributed by atoms with Gasteiger partial charge < -0.3 is 15.4 Å². The molecule has 0 aromatic carbocycles. The highest BCUT2D eigenvalue weighted by molar-refractivity contribution is 7.12. The number of carbonyl (C=O) groups excluding carboxylic acids is 2. The lowest BCUT2D eigenvalue weighted by Gasteiger charge is -2.22. The molecule has 1 aromatic heterocycles. The van der Waals surface area contributed by atoms with Gasteiger partial charge in [-0.15, -0.1) is 11.3 Å². The van der Waals surface area contributed by atoms with E-state index in [4.69, 9.17) is 0 Å². The summed E-state index contributed by atoms with van der Waals surface area (Å²) in [7, 11) is 3.01. The normalized spacial score (nSPS) is 11.1.